The highest BCUT2D eigenvalue weighted by molar-refractivity contribution is 5.81. The van der Waals surface area contributed by atoms with E-state index in [-0.39, 0.29) is 5.56 Å². The first-order valence-electron chi connectivity index (χ1n) is 6.11. The first-order chi connectivity index (χ1) is 9.11. The number of fused-ring (bicyclic) bond motifs is 1. The molecule has 3 N–H and O–H groups in total. The lowest BCUT2D eigenvalue weighted by Crippen LogP contribution is -2.25. The molecule has 0 aliphatic rings. The topological polar surface area (TPSA) is 84.2 Å². The number of ether oxygens (including phenoxy) is 1. The van der Waals surface area contributed by atoms with E-state index in [1.54, 1.807) is 25.3 Å². The van der Waals surface area contributed by atoms with Gasteiger partial charge < -0.3 is 15.4 Å². The van der Waals surface area contributed by atoms with Crippen molar-refractivity contribution in [3.8, 4) is 0 Å². The fraction of sp³-hybridized carbons (Fsp3) is 0.385. The Morgan fingerprint density at radius 2 is 2.26 bits per heavy atom. The van der Waals surface area contributed by atoms with Gasteiger partial charge in [0.05, 0.1) is 10.9 Å². The summed E-state index contributed by atoms with van der Waals surface area (Å²) >= 11 is 0. The lowest BCUT2D eigenvalue weighted by molar-refractivity contribution is 0.196. The molecule has 0 aliphatic heterocycles. The van der Waals surface area contributed by atoms with Gasteiger partial charge in [-0.25, -0.2) is 4.98 Å². The van der Waals surface area contributed by atoms with E-state index in [4.69, 9.17) is 10.5 Å². The maximum absolute atomic E-state index is 12.0. The van der Waals surface area contributed by atoms with Gasteiger partial charge in [-0.1, -0.05) is 0 Å². The monoisotopic (exact) mass is 262 g/mol. The average molecular weight is 262 g/mol. The minimum Gasteiger partial charge on any atom is -0.399 e. The Morgan fingerprint density at radius 3 is 3.00 bits per heavy atom. The van der Waals surface area contributed by atoms with Crippen molar-refractivity contribution < 1.29 is 4.74 Å². The highest BCUT2D eigenvalue weighted by atomic mass is 16.5. The number of methoxy groups -OCH3 is 1. The Labute approximate surface area is 111 Å². The molecule has 0 saturated heterocycles. The summed E-state index contributed by atoms with van der Waals surface area (Å²) < 4.78 is 5.00. The third kappa shape index (κ3) is 3.03. The van der Waals surface area contributed by atoms with Gasteiger partial charge in [0.25, 0.3) is 5.56 Å². The lowest BCUT2D eigenvalue weighted by atomic mass is 10.2. The number of nitrogens with zero attached hydrogens (tertiary/aromatic N) is 2. The molecule has 1 aromatic heterocycles. The number of H-pyrrole nitrogens is 1. The van der Waals surface area contributed by atoms with Gasteiger partial charge in [0.2, 0.25) is 5.95 Å². The van der Waals surface area contributed by atoms with E-state index in [2.05, 4.69) is 9.97 Å². The van der Waals surface area contributed by atoms with Crippen LogP contribution in [0.3, 0.4) is 0 Å². The number of benzene rings is 1. The van der Waals surface area contributed by atoms with Gasteiger partial charge in [-0.15, -0.1) is 0 Å². The Balaban J connectivity index is 2.30. The first-order valence-corrected chi connectivity index (χ1v) is 6.11. The van der Waals surface area contributed by atoms with Crippen LogP contribution in [0.1, 0.15) is 6.42 Å². The highest BCUT2D eigenvalue weighted by Crippen LogP contribution is 2.14. The van der Waals surface area contributed by atoms with Gasteiger partial charge in [0.1, 0.15) is 0 Å². The van der Waals surface area contributed by atoms with Crippen LogP contribution in [0.4, 0.5) is 11.6 Å². The Bertz CT molecular complexity index is 624. The molecular weight excluding hydrogens is 244 g/mol. The van der Waals surface area contributed by atoms with Gasteiger partial charge in [-0.2, -0.15) is 0 Å². The van der Waals surface area contributed by atoms with Crippen LogP contribution >= 0.6 is 0 Å². The molecule has 2 rings (SSSR count). The number of aromatic nitrogens is 2. The molecule has 0 unspecified atom stereocenters. The summed E-state index contributed by atoms with van der Waals surface area (Å²) in [5.41, 5.74) is 6.69. The summed E-state index contributed by atoms with van der Waals surface area (Å²) in [6, 6.07) is 5.13. The van der Waals surface area contributed by atoms with E-state index in [9.17, 15) is 4.79 Å². The zero-order chi connectivity index (χ0) is 13.8. The number of anilines is 2. The van der Waals surface area contributed by atoms with Crippen LogP contribution in [0, 0.1) is 0 Å². The van der Waals surface area contributed by atoms with Crippen molar-refractivity contribution >= 4 is 22.5 Å². The van der Waals surface area contributed by atoms with Crippen molar-refractivity contribution in [3.05, 3.63) is 28.6 Å². The maximum atomic E-state index is 12.0. The molecule has 102 valence electrons. The van der Waals surface area contributed by atoms with Gasteiger partial charge in [0.15, 0.2) is 0 Å². The minimum absolute atomic E-state index is 0.175. The summed E-state index contributed by atoms with van der Waals surface area (Å²) in [5.74, 6) is 0.554. The Morgan fingerprint density at radius 1 is 1.47 bits per heavy atom. The molecule has 0 bridgehead atoms. The second kappa shape index (κ2) is 5.71. The van der Waals surface area contributed by atoms with Crippen molar-refractivity contribution in [2.45, 2.75) is 6.42 Å². The maximum Gasteiger partial charge on any atom is 0.260 e. The zero-order valence-electron chi connectivity index (χ0n) is 11.1. The van der Waals surface area contributed by atoms with Crippen LogP contribution in [0.2, 0.25) is 0 Å². The second-order valence-corrected chi connectivity index (χ2v) is 4.43. The van der Waals surface area contributed by atoms with Gasteiger partial charge in [0, 0.05) is 33.0 Å². The molecule has 0 aliphatic carbocycles. The molecule has 19 heavy (non-hydrogen) atoms. The highest BCUT2D eigenvalue weighted by Gasteiger charge is 2.07. The predicted octanol–water partition coefficient (Wildman–Crippen LogP) is 0.978. The molecule has 0 radical (unpaired) electrons. The SMILES string of the molecule is COCCCN(C)c1nc2ccc(N)cc2c(=O)[nH]1. The van der Waals surface area contributed by atoms with Crippen LogP contribution in [-0.4, -0.2) is 37.3 Å². The van der Waals surface area contributed by atoms with E-state index >= 15 is 0 Å². The number of nitrogens with one attached hydrogen (secondary N) is 1. The van der Waals surface area contributed by atoms with E-state index in [1.807, 2.05) is 11.9 Å². The smallest absolute Gasteiger partial charge is 0.260 e. The predicted molar refractivity (Wildman–Crippen MR) is 76.5 cm³/mol. The van der Waals surface area contributed by atoms with E-state index in [0.29, 0.717) is 29.1 Å². The van der Waals surface area contributed by atoms with E-state index < -0.39 is 0 Å². The molecule has 0 spiro atoms. The first kappa shape index (κ1) is 13.4. The number of hydrogen-bond donors (Lipinski definition) is 2. The lowest BCUT2D eigenvalue weighted by Gasteiger charge is -2.17. The van der Waals surface area contributed by atoms with Crippen LogP contribution in [0.15, 0.2) is 23.0 Å². The van der Waals surface area contributed by atoms with Crippen molar-refractivity contribution in [1.82, 2.24) is 9.97 Å². The number of nitrogen functional groups attached to an aromatic ring is 1. The summed E-state index contributed by atoms with van der Waals surface area (Å²) in [4.78, 5) is 21.1. The molecule has 0 fully saturated rings. The molecule has 0 atom stereocenters. The molecule has 6 heteroatoms. The molecule has 0 amide bonds. The molecule has 1 aromatic carbocycles. The Kier molecular flexibility index (Phi) is 4.01. The summed E-state index contributed by atoms with van der Waals surface area (Å²) in [7, 11) is 3.55. The number of aromatic amines is 1. The number of nitrogens with two attached hydrogens (primary N) is 1. The molecular formula is C13H18N4O2. The van der Waals surface area contributed by atoms with Crippen molar-refractivity contribution in [2.24, 2.45) is 0 Å². The second-order valence-electron chi connectivity index (χ2n) is 4.43. The molecule has 0 saturated carbocycles. The van der Waals surface area contributed by atoms with Crippen LogP contribution in [-0.2, 0) is 4.74 Å². The summed E-state index contributed by atoms with van der Waals surface area (Å²) in [6.07, 6.45) is 0.872. The zero-order valence-corrected chi connectivity index (χ0v) is 11.1. The van der Waals surface area contributed by atoms with E-state index in [1.165, 1.54) is 0 Å². The van der Waals surface area contributed by atoms with Crippen LogP contribution in [0.5, 0.6) is 0 Å². The van der Waals surface area contributed by atoms with Crippen molar-refractivity contribution in [3.63, 3.8) is 0 Å². The number of rotatable bonds is 5. The van der Waals surface area contributed by atoms with E-state index in [0.717, 1.165) is 13.0 Å². The third-order valence-corrected chi connectivity index (χ3v) is 2.92. The fourth-order valence-corrected chi connectivity index (χ4v) is 1.88. The van der Waals surface area contributed by atoms with Gasteiger partial charge >= 0.3 is 0 Å². The van der Waals surface area contributed by atoms with Crippen molar-refractivity contribution in [2.75, 3.05) is 37.9 Å². The normalized spacial score (nSPS) is 10.8. The van der Waals surface area contributed by atoms with Gasteiger partial charge in [-0.3, -0.25) is 9.78 Å². The quantitative estimate of drug-likeness (QED) is 0.620. The van der Waals surface area contributed by atoms with Crippen molar-refractivity contribution in [1.29, 1.82) is 0 Å². The minimum atomic E-state index is -0.175. The largest absolute Gasteiger partial charge is 0.399 e. The average Bonchev–Trinajstić information content (AvgIpc) is 2.39. The summed E-state index contributed by atoms with van der Waals surface area (Å²) in [6.45, 7) is 1.44. The standard InChI is InChI=1S/C13H18N4O2/c1-17(6-3-7-19-2)13-15-11-5-4-9(14)8-10(11)12(18)16-13/h4-5,8H,3,6-7,14H2,1-2H3,(H,15,16,18). The number of hydrogen-bond acceptors (Lipinski definition) is 5. The molecule has 1 heterocycles. The van der Waals surface area contributed by atoms with Crippen LogP contribution in [0.25, 0.3) is 10.9 Å². The fourth-order valence-electron chi connectivity index (χ4n) is 1.88. The van der Waals surface area contributed by atoms with Gasteiger partial charge in [-0.05, 0) is 24.6 Å². The molecule has 2 aromatic rings. The summed E-state index contributed by atoms with van der Waals surface area (Å²) in [5, 5.41) is 0.508. The molecule has 6 nitrogen and oxygen atoms in total. The third-order valence-electron chi connectivity index (χ3n) is 2.92. The van der Waals surface area contributed by atoms with Crippen LogP contribution < -0.4 is 16.2 Å². The Hall–Kier alpha value is -2.08.